The second kappa shape index (κ2) is 5.41. The van der Waals surface area contributed by atoms with Crippen LogP contribution in [0.4, 0.5) is 13.2 Å². The topological polar surface area (TPSA) is 37.3 Å². The highest BCUT2D eigenvalue weighted by Crippen LogP contribution is 2.34. The van der Waals surface area contributed by atoms with E-state index in [4.69, 9.17) is 11.6 Å². The summed E-state index contributed by atoms with van der Waals surface area (Å²) in [4.78, 5) is 11.2. The molecule has 21 heavy (non-hydrogen) atoms. The maximum Gasteiger partial charge on any atom is 0.416 e. The van der Waals surface area contributed by atoms with Crippen molar-refractivity contribution in [3.8, 4) is 11.1 Å². The minimum Gasteiger partial charge on any atom is -0.478 e. The Morgan fingerprint density at radius 1 is 1.10 bits per heavy atom. The molecule has 0 atom stereocenters. The van der Waals surface area contributed by atoms with Crippen LogP contribution in [0.25, 0.3) is 11.1 Å². The van der Waals surface area contributed by atoms with Crippen LogP contribution in [-0.2, 0) is 6.18 Å². The van der Waals surface area contributed by atoms with Crippen molar-refractivity contribution in [2.24, 2.45) is 0 Å². The van der Waals surface area contributed by atoms with Gasteiger partial charge in [-0.25, -0.2) is 4.79 Å². The van der Waals surface area contributed by atoms with Crippen molar-refractivity contribution in [1.29, 1.82) is 0 Å². The van der Waals surface area contributed by atoms with Gasteiger partial charge in [0.05, 0.1) is 11.1 Å². The number of hydrogen-bond acceptors (Lipinski definition) is 1. The third kappa shape index (κ3) is 3.19. The van der Waals surface area contributed by atoms with Crippen molar-refractivity contribution >= 4 is 17.6 Å². The molecule has 110 valence electrons. The van der Waals surface area contributed by atoms with Crippen molar-refractivity contribution in [3.05, 3.63) is 58.1 Å². The molecule has 2 rings (SSSR count). The Labute approximate surface area is 123 Å². The molecule has 2 aromatic carbocycles. The van der Waals surface area contributed by atoms with E-state index in [9.17, 15) is 23.1 Å². The molecule has 2 nitrogen and oxygen atoms in total. The van der Waals surface area contributed by atoms with Gasteiger partial charge in [-0.3, -0.25) is 0 Å². The lowest BCUT2D eigenvalue weighted by Crippen LogP contribution is -2.06. The zero-order chi connectivity index (χ0) is 15.8. The average molecular weight is 315 g/mol. The molecule has 0 aliphatic rings. The predicted molar refractivity (Wildman–Crippen MR) is 73.6 cm³/mol. The van der Waals surface area contributed by atoms with E-state index in [1.165, 1.54) is 31.2 Å². The number of hydrogen-bond donors (Lipinski definition) is 1. The van der Waals surface area contributed by atoms with Gasteiger partial charge in [0, 0.05) is 5.02 Å². The second-order valence-corrected chi connectivity index (χ2v) is 4.96. The molecular formula is C15H10ClF3O2. The van der Waals surface area contributed by atoms with Crippen LogP contribution in [-0.4, -0.2) is 11.1 Å². The van der Waals surface area contributed by atoms with Crippen LogP contribution in [0.15, 0.2) is 36.4 Å². The fourth-order valence-corrected chi connectivity index (χ4v) is 2.24. The van der Waals surface area contributed by atoms with Crippen molar-refractivity contribution in [1.82, 2.24) is 0 Å². The molecule has 0 fully saturated rings. The predicted octanol–water partition coefficient (Wildman–Crippen LogP) is 5.03. The van der Waals surface area contributed by atoms with Gasteiger partial charge in [0.25, 0.3) is 0 Å². The third-order valence-corrected chi connectivity index (χ3v) is 3.29. The van der Waals surface area contributed by atoms with Gasteiger partial charge in [0.2, 0.25) is 0 Å². The number of halogens is 4. The molecule has 1 N–H and O–H groups in total. The Morgan fingerprint density at radius 3 is 2.24 bits per heavy atom. The fraction of sp³-hybridized carbons (Fsp3) is 0.133. The molecule has 0 aromatic heterocycles. The summed E-state index contributed by atoms with van der Waals surface area (Å²) in [5, 5.41) is 9.44. The van der Waals surface area contributed by atoms with E-state index in [1.54, 1.807) is 0 Å². The van der Waals surface area contributed by atoms with Gasteiger partial charge in [-0.1, -0.05) is 23.7 Å². The number of benzene rings is 2. The number of carboxylic acids is 1. The SMILES string of the molecule is Cc1cc(C(F)(F)F)ccc1-c1ccc(Cl)cc1C(=O)O. The number of carboxylic acid groups (broad SMARTS) is 1. The molecule has 0 aliphatic heterocycles. The molecule has 0 unspecified atom stereocenters. The fourth-order valence-electron chi connectivity index (χ4n) is 2.07. The van der Waals surface area contributed by atoms with Crippen molar-refractivity contribution < 1.29 is 23.1 Å². The number of alkyl halides is 3. The monoisotopic (exact) mass is 314 g/mol. The van der Waals surface area contributed by atoms with Crippen LogP contribution in [0.1, 0.15) is 21.5 Å². The van der Waals surface area contributed by atoms with Crippen LogP contribution in [0.5, 0.6) is 0 Å². The van der Waals surface area contributed by atoms with E-state index < -0.39 is 17.7 Å². The van der Waals surface area contributed by atoms with Gasteiger partial charge in [0.15, 0.2) is 0 Å². The van der Waals surface area contributed by atoms with Crippen molar-refractivity contribution in [3.63, 3.8) is 0 Å². The minimum atomic E-state index is -4.43. The van der Waals surface area contributed by atoms with Crippen molar-refractivity contribution in [2.75, 3.05) is 0 Å². The van der Waals surface area contributed by atoms with Crippen LogP contribution in [0.2, 0.25) is 5.02 Å². The van der Waals surface area contributed by atoms with Crippen LogP contribution < -0.4 is 0 Å². The van der Waals surface area contributed by atoms with Gasteiger partial charge in [-0.05, 0) is 47.9 Å². The number of aromatic carboxylic acids is 1. The van der Waals surface area contributed by atoms with Gasteiger partial charge in [-0.2, -0.15) is 13.2 Å². The molecule has 0 amide bonds. The Kier molecular flexibility index (Phi) is 3.96. The molecular weight excluding hydrogens is 305 g/mol. The summed E-state index contributed by atoms with van der Waals surface area (Å²) in [6, 6.07) is 7.46. The highest BCUT2D eigenvalue weighted by Gasteiger charge is 2.30. The number of carbonyl (C=O) groups is 1. The summed E-state index contributed by atoms with van der Waals surface area (Å²) in [6.07, 6.45) is -4.43. The van der Waals surface area contributed by atoms with Gasteiger partial charge < -0.3 is 5.11 Å². The first kappa shape index (κ1) is 15.4. The summed E-state index contributed by atoms with van der Waals surface area (Å²) in [7, 11) is 0. The molecule has 0 spiro atoms. The highest BCUT2D eigenvalue weighted by atomic mass is 35.5. The van der Waals surface area contributed by atoms with Crippen LogP contribution in [0, 0.1) is 6.92 Å². The van der Waals surface area contributed by atoms with E-state index in [1.807, 2.05) is 0 Å². The van der Waals surface area contributed by atoms with E-state index in [0.29, 0.717) is 16.7 Å². The van der Waals surface area contributed by atoms with E-state index in [0.717, 1.165) is 12.1 Å². The van der Waals surface area contributed by atoms with Gasteiger partial charge in [-0.15, -0.1) is 0 Å². The standard InChI is InChI=1S/C15H10ClF3O2/c1-8-6-9(15(17,18)19)2-4-11(8)12-5-3-10(16)7-13(12)14(20)21/h2-7H,1H3,(H,20,21). The Bertz CT molecular complexity index is 709. The molecule has 0 saturated heterocycles. The minimum absolute atomic E-state index is 0.0506. The number of aryl methyl sites for hydroxylation is 1. The van der Waals surface area contributed by atoms with E-state index in [-0.39, 0.29) is 10.6 Å². The summed E-state index contributed by atoms with van der Waals surface area (Å²) in [6.45, 7) is 1.50. The summed E-state index contributed by atoms with van der Waals surface area (Å²) < 4.78 is 38.0. The average Bonchev–Trinajstić information content (AvgIpc) is 2.38. The lowest BCUT2D eigenvalue weighted by Gasteiger charge is -2.13. The maximum absolute atomic E-state index is 12.7. The summed E-state index contributed by atoms with van der Waals surface area (Å²) in [5.74, 6) is -1.19. The molecule has 0 heterocycles. The largest absolute Gasteiger partial charge is 0.478 e. The Hall–Kier alpha value is -2.01. The second-order valence-electron chi connectivity index (χ2n) is 4.52. The molecule has 6 heteroatoms. The summed E-state index contributed by atoms with van der Waals surface area (Å²) in [5.41, 5.74) is 0.282. The van der Waals surface area contributed by atoms with E-state index >= 15 is 0 Å². The third-order valence-electron chi connectivity index (χ3n) is 3.06. The normalized spacial score (nSPS) is 11.5. The zero-order valence-electron chi connectivity index (χ0n) is 10.8. The Morgan fingerprint density at radius 2 is 1.71 bits per heavy atom. The lowest BCUT2D eigenvalue weighted by molar-refractivity contribution is -0.137. The lowest BCUT2D eigenvalue weighted by atomic mass is 9.94. The van der Waals surface area contributed by atoms with Crippen LogP contribution in [0.3, 0.4) is 0 Å². The highest BCUT2D eigenvalue weighted by molar-refractivity contribution is 6.31. The maximum atomic E-state index is 12.7. The first-order valence-corrected chi connectivity index (χ1v) is 6.29. The smallest absolute Gasteiger partial charge is 0.416 e. The van der Waals surface area contributed by atoms with E-state index in [2.05, 4.69) is 0 Å². The van der Waals surface area contributed by atoms with Crippen LogP contribution >= 0.6 is 11.6 Å². The first-order valence-electron chi connectivity index (χ1n) is 5.91. The van der Waals surface area contributed by atoms with Gasteiger partial charge in [0.1, 0.15) is 0 Å². The molecule has 2 aromatic rings. The molecule has 0 saturated carbocycles. The quantitative estimate of drug-likeness (QED) is 0.844. The zero-order valence-corrected chi connectivity index (χ0v) is 11.6. The molecule has 0 aliphatic carbocycles. The number of rotatable bonds is 2. The molecule has 0 bridgehead atoms. The Balaban J connectivity index is 2.61. The molecule has 0 radical (unpaired) electrons. The van der Waals surface area contributed by atoms with Crippen molar-refractivity contribution in [2.45, 2.75) is 13.1 Å². The summed E-state index contributed by atoms with van der Waals surface area (Å²) >= 11 is 5.76. The van der Waals surface area contributed by atoms with Gasteiger partial charge >= 0.3 is 12.1 Å². The first-order chi connectivity index (χ1) is 9.70.